The van der Waals surface area contributed by atoms with E-state index in [0.29, 0.717) is 17.2 Å². The summed E-state index contributed by atoms with van der Waals surface area (Å²) in [6.45, 7) is 0. The predicted octanol–water partition coefficient (Wildman–Crippen LogP) is 2.05. The molecule has 2 rings (SSSR count). The van der Waals surface area contributed by atoms with Crippen LogP contribution >= 0.6 is 0 Å². The molecule has 1 aromatic carbocycles. The molecule has 1 aromatic heterocycles. The number of nitrogens with zero attached hydrogens (tertiary/aromatic N) is 2. The fourth-order valence-electron chi connectivity index (χ4n) is 1.40. The number of pyridine rings is 1. The van der Waals surface area contributed by atoms with Crippen LogP contribution in [0.2, 0.25) is 0 Å². The van der Waals surface area contributed by atoms with Crippen molar-refractivity contribution in [2.24, 2.45) is 7.05 Å². The lowest BCUT2D eigenvalue weighted by Gasteiger charge is -2.09. The van der Waals surface area contributed by atoms with Crippen LogP contribution in [0.25, 0.3) is 0 Å². The fraction of sp³-hybridized carbons (Fsp3) is 0.0769. The Labute approximate surface area is 98.3 Å². The zero-order valence-electron chi connectivity index (χ0n) is 9.25. The highest BCUT2D eigenvalue weighted by Gasteiger charge is 2.02. The Kier molecular flexibility index (Phi) is 2.93. The summed E-state index contributed by atoms with van der Waals surface area (Å²) in [4.78, 5) is 11.4. The van der Waals surface area contributed by atoms with Gasteiger partial charge in [-0.3, -0.25) is 9.36 Å². The lowest BCUT2D eigenvalue weighted by molar-refractivity contribution is 0.434. The molecule has 0 saturated carbocycles. The molecule has 0 radical (unpaired) electrons. The molecule has 1 heterocycles. The van der Waals surface area contributed by atoms with Crippen molar-refractivity contribution in [2.45, 2.75) is 0 Å². The quantitative estimate of drug-likeness (QED) is 0.787. The number of benzene rings is 1. The molecule has 0 aliphatic heterocycles. The van der Waals surface area contributed by atoms with E-state index in [1.54, 1.807) is 43.4 Å². The summed E-state index contributed by atoms with van der Waals surface area (Å²) in [7, 11) is 1.63. The highest BCUT2D eigenvalue weighted by Crippen LogP contribution is 2.20. The maximum atomic E-state index is 11.4. The van der Waals surface area contributed by atoms with E-state index in [2.05, 4.69) is 0 Å². The molecule has 0 N–H and O–H groups in total. The van der Waals surface area contributed by atoms with Crippen LogP contribution in [0.1, 0.15) is 5.56 Å². The highest BCUT2D eigenvalue weighted by atomic mass is 16.5. The average Bonchev–Trinajstić information content (AvgIpc) is 2.35. The Morgan fingerprint density at radius 2 is 2.00 bits per heavy atom. The number of nitriles is 1. The van der Waals surface area contributed by atoms with E-state index >= 15 is 0 Å². The Balaban J connectivity index is 2.35. The molecule has 0 amide bonds. The first-order chi connectivity index (χ1) is 8.20. The van der Waals surface area contributed by atoms with Crippen LogP contribution in [0, 0.1) is 11.3 Å². The van der Waals surface area contributed by atoms with Crippen molar-refractivity contribution in [3.63, 3.8) is 0 Å². The molecule has 0 fully saturated rings. The molecule has 17 heavy (non-hydrogen) atoms. The first kappa shape index (κ1) is 11.0. The topological polar surface area (TPSA) is 55.0 Å². The summed E-state index contributed by atoms with van der Waals surface area (Å²) >= 11 is 0. The third-order valence-electron chi connectivity index (χ3n) is 2.32. The van der Waals surface area contributed by atoms with E-state index in [9.17, 15) is 4.79 Å². The van der Waals surface area contributed by atoms with E-state index < -0.39 is 0 Å². The van der Waals surface area contributed by atoms with Gasteiger partial charge in [0.15, 0.2) is 0 Å². The smallest absolute Gasteiger partial charge is 0.253 e. The molecule has 4 heteroatoms. The predicted molar refractivity (Wildman–Crippen MR) is 62.9 cm³/mol. The maximum Gasteiger partial charge on any atom is 0.253 e. The SMILES string of the molecule is Cn1c(Oc2cccc(C#N)c2)cccc1=O. The number of hydrogen-bond acceptors (Lipinski definition) is 3. The van der Waals surface area contributed by atoms with Crippen LogP contribution in [0.5, 0.6) is 11.6 Å². The van der Waals surface area contributed by atoms with Gasteiger partial charge >= 0.3 is 0 Å². The van der Waals surface area contributed by atoms with Gasteiger partial charge in [0.25, 0.3) is 5.56 Å². The van der Waals surface area contributed by atoms with Crippen molar-refractivity contribution < 1.29 is 4.74 Å². The summed E-state index contributed by atoms with van der Waals surface area (Å²) in [5, 5.41) is 8.77. The van der Waals surface area contributed by atoms with Gasteiger partial charge in [-0.1, -0.05) is 12.1 Å². The molecular formula is C13H10N2O2. The first-order valence-corrected chi connectivity index (χ1v) is 5.05. The van der Waals surface area contributed by atoms with E-state index in [1.165, 1.54) is 10.6 Å². The van der Waals surface area contributed by atoms with Gasteiger partial charge in [0, 0.05) is 13.1 Å². The number of ether oxygens (including phenoxy) is 1. The standard InChI is InChI=1S/C13H10N2O2/c1-15-12(16)6-3-7-13(15)17-11-5-2-4-10(8-11)9-14/h2-8H,1H3. The van der Waals surface area contributed by atoms with E-state index in [4.69, 9.17) is 10.00 Å². The van der Waals surface area contributed by atoms with Crippen LogP contribution in [-0.4, -0.2) is 4.57 Å². The van der Waals surface area contributed by atoms with Crippen molar-refractivity contribution in [3.8, 4) is 17.7 Å². The van der Waals surface area contributed by atoms with Crippen LogP contribution in [0.15, 0.2) is 47.3 Å². The van der Waals surface area contributed by atoms with Gasteiger partial charge in [-0.05, 0) is 24.3 Å². The molecule has 0 atom stereocenters. The monoisotopic (exact) mass is 226 g/mol. The Bertz CT molecular complexity index is 638. The van der Waals surface area contributed by atoms with Gasteiger partial charge in [0.05, 0.1) is 11.6 Å². The van der Waals surface area contributed by atoms with Gasteiger partial charge in [-0.25, -0.2) is 0 Å². The fourth-order valence-corrected chi connectivity index (χ4v) is 1.40. The van der Waals surface area contributed by atoms with Crippen molar-refractivity contribution in [1.29, 1.82) is 5.26 Å². The van der Waals surface area contributed by atoms with Crippen LogP contribution in [0.4, 0.5) is 0 Å². The molecular weight excluding hydrogens is 216 g/mol. The number of hydrogen-bond donors (Lipinski definition) is 0. The van der Waals surface area contributed by atoms with Gasteiger partial charge in [-0.15, -0.1) is 0 Å². The molecule has 0 aliphatic carbocycles. The van der Waals surface area contributed by atoms with Gasteiger partial charge in [-0.2, -0.15) is 5.26 Å². The second-order valence-corrected chi connectivity index (χ2v) is 3.50. The van der Waals surface area contributed by atoms with Gasteiger partial charge in [0.1, 0.15) is 5.75 Å². The molecule has 0 bridgehead atoms. The summed E-state index contributed by atoms with van der Waals surface area (Å²) < 4.78 is 6.95. The highest BCUT2D eigenvalue weighted by molar-refractivity contribution is 5.37. The Morgan fingerprint density at radius 1 is 1.24 bits per heavy atom. The van der Waals surface area contributed by atoms with Crippen molar-refractivity contribution in [3.05, 3.63) is 58.4 Å². The zero-order chi connectivity index (χ0) is 12.3. The van der Waals surface area contributed by atoms with E-state index in [0.717, 1.165) is 0 Å². The molecule has 4 nitrogen and oxygen atoms in total. The summed E-state index contributed by atoms with van der Waals surface area (Å²) in [6.07, 6.45) is 0. The molecule has 0 aliphatic rings. The lowest BCUT2D eigenvalue weighted by Crippen LogP contribution is -2.15. The summed E-state index contributed by atoms with van der Waals surface area (Å²) in [5.41, 5.74) is 0.377. The molecule has 2 aromatic rings. The molecule has 0 spiro atoms. The van der Waals surface area contributed by atoms with Gasteiger partial charge < -0.3 is 4.74 Å². The lowest BCUT2D eigenvalue weighted by atomic mass is 10.2. The van der Waals surface area contributed by atoms with E-state index in [-0.39, 0.29) is 5.56 Å². The third-order valence-corrected chi connectivity index (χ3v) is 2.32. The Hall–Kier alpha value is -2.54. The minimum Gasteiger partial charge on any atom is -0.441 e. The largest absolute Gasteiger partial charge is 0.441 e. The van der Waals surface area contributed by atoms with Crippen molar-refractivity contribution in [1.82, 2.24) is 4.57 Å². The molecule has 84 valence electrons. The molecule has 0 saturated heterocycles. The van der Waals surface area contributed by atoms with Gasteiger partial charge in [0.2, 0.25) is 5.88 Å². The van der Waals surface area contributed by atoms with Crippen LogP contribution < -0.4 is 10.3 Å². The third kappa shape index (κ3) is 2.34. The maximum absolute atomic E-state index is 11.4. The normalized spacial score (nSPS) is 9.65. The summed E-state index contributed by atoms with van der Waals surface area (Å²) in [5.74, 6) is 0.970. The number of aromatic nitrogens is 1. The van der Waals surface area contributed by atoms with Crippen molar-refractivity contribution in [2.75, 3.05) is 0 Å². The average molecular weight is 226 g/mol. The second kappa shape index (κ2) is 4.54. The van der Waals surface area contributed by atoms with Crippen molar-refractivity contribution >= 4 is 0 Å². The van der Waals surface area contributed by atoms with Crippen LogP contribution in [-0.2, 0) is 7.05 Å². The minimum atomic E-state index is -0.140. The first-order valence-electron chi connectivity index (χ1n) is 5.05. The van der Waals surface area contributed by atoms with E-state index in [1.807, 2.05) is 6.07 Å². The summed E-state index contributed by atoms with van der Waals surface area (Å²) in [6, 6.07) is 13.6. The van der Waals surface area contributed by atoms with Crippen LogP contribution in [0.3, 0.4) is 0 Å². The second-order valence-electron chi connectivity index (χ2n) is 3.50. The number of rotatable bonds is 2. The Morgan fingerprint density at radius 3 is 2.76 bits per heavy atom. The zero-order valence-corrected chi connectivity index (χ0v) is 9.25. The molecule has 0 unspecified atom stereocenters. The minimum absolute atomic E-state index is 0.140.